The number of nitrogens with one attached hydrogen (secondary N) is 1. The van der Waals surface area contributed by atoms with Gasteiger partial charge in [0.15, 0.2) is 5.78 Å². The van der Waals surface area contributed by atoms with Crippen molar-refractivity contribution >= 4 is 28.5 Å². The van der Waals surface area contributed by atoms with Gasteiger partial charge in [0.1, 0.15) is 0 Å². The van der Waals surface area contributed by atoms with Gasteiger partial charge in [0.2, 0.25) is 0 Å². The predicted molar refractivity (Wildman–Crippen MR) is 84.9 cm³/mol. The van der Waals surface area contributed by atoms with E-state index in [1.807, 2.05) is 49.3 Å². The van der Waals surface area contributed by atoms with Gasteiger partial charge in [-0.15, -0.1) is 0 Å². The fourth-order valence-electron chi connectivity index (χ4n) is 1.97. The number of carbonyl (C=O) groups is 1. The normalized spacial score (nSPS) is 10.2. The van der Waals surface area contributed by atoms with Gasteiger partial charge in [-0.05, 0) is 43.3 Å². The molecule has 0 saturated heterocycles. The first-order valence-electron chi connectivity index (χ1n) is 6.42. The second kappa shape index (κ2) is 5.65. The summed E-state index contributed by atoms with van der Waals surface area (Å²) in [6, 6.07) is 13.4. The number of carbonyl (C=O) groups excluding carboxylic acids is 1. The van der Waals surface area contributed by atoms with Gasteiger partial charge in [-0.2, -0.15) is 0 Å². The van der Waals surface area contributed by atoms with Gasteiger partial charge in [0, 0.05) is 42.4 Å². The molecule has 0 atom stereocenters. The SMILES string of the molecule is CC(=O)c1cc(Nc2cccc(N(C)C)c2)ccc1N. The summed E-state index contributed by atoms with van der Waals surface area (Å²) in [5, 5.41) is 3.29. The molecular weight excluding hydrogens is 250 g/mol. The van der Waals surface area contributed by atoms with Gasteiger partial charge in [-0.3, -0.25) is 4.79 Å². The van der Waals surface area contributed by atoms with E-state index in [0.717, 1.165) is 17.1 Å². The lowest BCUT2D eigenvalue weighted by molar-refractivity contribution is 0.101. The highest BCUT2D eigenvalue weighted by molar-refractivity contribution is 6.00. The third-order valence-corrected chi connectivity index (χ3v) is 3.08. The van der Waals surface area contributed by atoms with Gasteiger partial charge in [-0.1, -0.05) is 6.07 Å². The van der Waals surface area contributed by atoms with Crippen molar-refractivity contribution in [2.45, 2.75) is 6.92 Å². The van der Waals surface area contributed by atoms with Crippen molar-refractivity contribution in [3.8, 4) is 0 Å². The highest BCUT2D eigenvalue weighted by Gasteiger charge is 2.06. The van der Waals surface area contributed by atoms with E-state index in [9.17, 15) is 4.79 Å². The van der Waals surface area contributed by atoms with Crippen molar-refractivity contribution in [1.29, 1.82) is 0 Å². The Labute approximate surface area is 119 Å². The van der Waals surface area contributed by atoms with Crippen molar-refractivity contribution in [3.05, 3.63) is 48.0 Å². The second-order valence-electron chi connectivity index (χ2n) is 4.93. The Morgan fingerprint density at radius 3 is 2.45 bits per heavy atom. The van der Waals surface area contributed by atoms with Crippen molar-refractivity contribution < 1.29 is 4.79 Å². The molecule has 4 heteroatoms. The first kappa shape index (κ1) is 13.9. The summed E-state index contributed by atoms with van der Waals surface area (Å²) in [4.78, 5) is 13.5. The summed E-state index contributed by atoms with van der Waals surface area (Å²) < 4.78 is 0. The monoisotopic (exact) mass is 269 g/mol. The number of benzene rings is 2. The predicted octanol–water partition coefficient (Wildman–Crippen LogP) is 3.28. The molecule has 20 heavy (non-hydrogen) atoms. The van der Waals surface area contributed by atoms with Gasteiger partial charge in [0.05, 0.1) is 0 Å². The maximum absolute atomic E-state index is 11.5. The van der Waals surface area contributed by atoms with Crippen LogP contribution in [0, 0.1) is 0 Å². The molecule has 0 aromatic heterocycles. The summed E-state index contributed by atoms with van der Waals surface area (Å²) in [7, 11) is 3.99. The zero-order valence-electron chi connectivity index (χ0n) is 12.0. The Bertz CT molecular complexity index is 635. The summed E-state index contributed by atoms with van der Waals surface area (Å²) in [6.45, 7) is 1.52. The Morgan fingerprint density at radius 1 is 1.10 bits per heavy atom. The average Bonchev–Trinajstić information content (AvgIpc) is 2.41. The molecule has 0 spiro atoms. The van der Waals surface area contributed by atoms with Crippen LogP contribution in [0.2, 0.25) is 0 Å². The van der Waals surface area contributed by atoms with Gasteiger partial charge in [-0.25, -0.2) is 0 Å². The van der Waals surface area contributed by atoms with Crippen LogP contribution in [0.5, 0.6) is 0 Å². The number of nitrogens with zero attached hydrogens (tertiary/aromatic N) is 1. The van der Waals surface area contributed by atoms with Crippen LogP contribution in [0.15, 0.2) is 42.5 Å². The van der Waals surface area contributed by atoms with E-state index in [4.69, 9.17) is 5.73 Å². The van der Waals surface area contributed by atoms with Crippen molar-refractivity contribution in [2.75, 3.05) is 30.0 Å². The molecule has 0 amide bonds. The van der Waals surface area contributed by atoms with Crippen LogP contribution in [0.4, 0.5) is 22.7 Å². The molecule has 2 rings (SSSR count). The molecule has 2 aromatic carbocycles. The molecule has 0 unspecified atom stereocenters. The Hall–Kier alpha value is -2.49. The minimum atomic E-state index is -0.0341. The second-order valence-corrected chi connectivity index (χ2v) is 4.93. The van der Waals surface area contributed by atoms with E-state index < -0.39 is 0 Å². The minimum absolute atomic E-state index is 0.0341. The lowest BCUT2D eigenvalue weighted by Gasteiger charge is -2.15. The summed E-state index contributed by atoms with van der Waals surface area (Å²) in [5.41, 5.74) is 9.76. The van der Waals surface area contributed by atoms with Crippen LogP contribution in [-0.4, -0.2) is 19.9 Å². The molecule has 104 valence electrons. The maximum atomic E-state index is 11.5. The van der Waals surface area contributed by atoms with Crippen LogP contribution in [0.1, 0.15) is 17.3 Å². The van der Waals surface area contributed by atoms with Crippen LogP contribution >= 0.6 is 0 Å². The smallest absolute Gasteiger partial charge is 0.161 e. The number of Topliss-reactive ketones (excluding diaryl/α,β-unsaturated/α-hetero) is 1. The molecule has 4 nitrogen and oxygen atoms in total. The van der Waals surface area contributed by atoms with Crippen molar-refractivity contribution in [1.82, 2.24) is 0 Å². The molecule has 0 saturated carbocycles. The lowest BCUT2D eigenvalue weighted by atomic mass is 10.1. The highest BCUT2D eigenvalue weighted by Crippen LogP contribution is 2.24. The summed E-state index contributed by atoms with van der Waals surface area (Å²) >= 11 is 0. The average molecular weight is 269 g/mol. The molecular formula is C16H19N3O. The fourth-order valence-corrected chi connectivity index (χ4v) is 1.97. The zero-order valence-corrected chi connectivity index (χ0v) is 12.0. The van der Waals surface area contributed by atoms with Crippen LogP contribution < -0.4 is 16.0 Å². The number of hydrogen-bond acceptors (Lipinski definition) is 4. The van der Waals surface area contributed by atoms with Crippen LogP contribution in [0.3, 0.4) is 0 Å². The van der Waals surface area contributed by atoms with Crippen LogP contribution in [-0.2, 0) is 0 Å². The van der Waals surface area contributed by atoms with E-state index in [1.54, 1.807) is 12.1 Å². The summed E-state index contributed by atoms with van der Waals surface area (Å²) in [6.07, 6.45) is 0. The molecule has 0 aliphatic carbocycles. The highest BCUT2D eigenvalue weighted by atomic mass is 16.1. The minimum Gasteiger partial charge on any atom is -0.398 e. The third-order valence-electron chi connectivity index (χ3n) is 3.08. The molecule has 0 radical (unpaired) electrons. The Kier molecular flexibility index (Phi) is 3.94. The number of hydrogen-bond donors (Lipinski definition) is 2. The first-order chi connectivity index (χ1) is 9.47. The Morgan fingerprint density at radius 2 is 1.80 bits per heavy atom. The third kappa shape index (κ3) is 3.09. The number of rotatable bonds is 4. The molecule has 0 heterocycles. The Balaban J connectivity index is 2.28. The first-order valence-corrected chi connectivity index (χ1v) is 6.42. The fraction of sp³-hybridized carbons (Fsp3) is 0.188. The lowest BCUT2D eigenvalue weighted by Crippen LogP contribution is -2.08. The van der Waals surface area contributed by atoms with Crippen molar-refractivity contribution in [2.24, 2.45) is 0 Å². The largest absolute Gasteiger partial charge is 0.398 e. The molecule has 0 fully saturated rings. The number of nitrogen functional groups attached to an aromatic ring is 1. The molecule has 3 N–H and O–H groups in total. The van der Waals surface area contributed by atoms with E-state index in [0.29, 0.717) is 11.3 Å². The van der Waals surface area contributed by atoms with E-state index >= 15 is 0 Å². The number of anilines is 4. The topological polar surface area (TPSA) is 58.4 Å². The number of ketones is 1. The molecule has 0 aliphatic rings. The standard InChI is InChI=1S/C16H19N3O/c1-11(20)15-10-13(7-8-16(15)17)18-12-5-4-6-14(9-12)19(2)3/h4-10,18H,17H2,1-3H3. The van der Waals surface area contributed by atoms with E-state index in [1.165, 1.54) is 6.92 Å². The van der Waals surface area contributed by atoms with Gasteiger partial charge < -0.3 is 16.0 Å². The zero-order chi connectivity index (χ0) is 14.7. The summed E-state index contributed by atoms with van der Waals surface area (Å²) in [5.74, 6) is -0.0341. The quantitative estimate of drug-likeness (QED) is 0.660. The van der Waals surface area contributed by atoms with Gasteiger partial charge in [0.25, 0.3) is 0 Å². The van der Waals surface area contributed by atoms with E-state index in [2.05, 4.69) is 5.32 Å². The molecule has 0 aliphatic heterocycles. The molecule has 2 aromatic rings. The van der Waals surface area contributed by atoms with E-state index in [-0.39, 0.29) is 5.78 Å². The number of nitrogens with two attached hydrogens (primary N) is 1. The molecule has 0 bridgehead atoms. The van der Waals surface area contributed by atoms with Crippen LogP contribution in [0.25, 0.3) is 0 Å². The van der Waals surface area contributed by atoms with Gasteiger partial charge >= 0.3 is 0 Å². The van der Waals surface area contributed by atoms with Crippen molar-refractivity contribution in [3.63, 3.8) is 0 Å². The maximum Gasteiger partial charge on any atom is 0.161 e.